The highest BCUT2D eigenvalue weighted by Gasteiger charge is 2.26. The Morgan fingerprint density at radius 2 is 1.58 bits per heavy atom. The molecule has 2 rings (SSSR count). The predicted octanol–water partition coefficient (Wildman–Crippen LogP) is 2.51. The minimum atomic E-state index is -3.53. The van der Waals surface area contributed by atoms with Crippen molar-refractivity contribution in [2.75, 3.05) is 13.1 Å². The van der Waals surface area contributed by atoms with Crippen LogP contribution in [0.15, 0.2) is 29.2 Å². The van der Waals surface area contributed by atoms with E-state index < -0.39 is 10.0 Å². The number of rotatable bonds is 2. The SMILES string of the molecule is N#Cc1ccccc1S(=O)(=O)N1CCCCCCC1. The third kappa shape index (κ3) is 3.14. The Morgan fingerprint density at radius 1 is 1.00 bits per heavy atom. The first kappa shape index (κ1) is 14.0. The second-order valence-electron chi connectivity index (χ2n) is 4.78. The van der Waals surface area contributed by atoms with Crippen molar-refractivity contribution in [3.05, 3.63) is 29.8 Å². The van der Waals surface area contributed by atoms with Gasteiger partial charge in [-0.1, -0.05) is 31.4 Å². The van der Waals surface area contributed by atoms with Gasteiger partial charge >= 0.3 is 0 Å². The van der Waals surface area contributed by atoms with E-state index in [1.165, 1.54) is 16.8 Å². The Balaban J connectivity index is 2.32. The first-order chi connectivity index (χ1) is 9.16. The lowest BCUT2D eigenvalue weighted by atomic mass is 10.1. The molecule has 19 heavy (non-hydrogen) atoms. The zero-order valence-corrected chi connectivity index (χ0v) is 11.7. The van der Waals surface area contributed by atoms with Gasteiger partial charge in [0.1, 0.15) is 6.07 Å². The number of nitriles is 1. The van der Waals surface area contributed by atoms with Gasteiger partial charge in [0.2, 0.25) is 10.0 Å². The van der Waals surface area contributed by atoms with Crippen molar-refractivity contribution < 1.29 is 8.42 Å². The molecule has 102 valence electrons. The third-order valence-corrected chi connectivity index (χ3v) is 5.40. The minimum Gasteiger partial charge on any atom is -0.207 e. The normalized spacial score (nSPS) is 18.3. The fraction of sp³-hybridized carbons (Fsp3) is 0.500. The van der Waals surface area contributed by atoms with Gasteiger partial charge in [-0.3, -0.25) is 0 Å². The van der Waals surface area contributed by atoms with Crippen LogP contribution in [-0.2, 0) is 10.0 Å². The van der Waals surface area contributed by atoms with E-state index in [9.17, 15) is 8.42 Å². The summed E-state index contributed by atoms with van der Waals surface area (Å²) in [7, 11) is -3.53. The number of benzene rings is 1. The maximum atomic E-state index is 12.6. The summed E-state index contributed by atoms with van der Waals surface area (Å²) < 4.78 is 26.7. The van der Waals surface area contributed by atoms with Gasteiger partial charge in [-0.05, 0) is 25.0 Å². The molecule has 5 heteroatoms. The van der Waals surface area contributed by atoms with Crippen molar-refractivity contribution in [3.8, 4) is 6.07 Å². The fourth-order valence-corrected chi connectivity index (χ4v) is 4.04. The molecule has 0 N–H and O–H groups in total. The van der Waals surface area contributed by atoms with E-state index in [1.54, 1.807) is 18.2 Å². The molecule has 0 spiro atoms. The summed E-state index contributed by atoms with van der Waals surface area (Å²) in [6, 6.07) is 8.39. The quantitative estimate of drug-likeness (QED) is 0.835. The van der Waals surface area contributed by atoms with Crippen LogP contribution >= 0.6 is 0 Å². The Hall–Kier alpha value is -1.38. The molecule has 1 saturated heterocycles. The highest BCUT2D eigenvalue weighted by atomic mass is 32.2. The summed E-state index contributed by atoms with van der Waals surface area (Å²) in [4.78, 5) is 0.137. The first-order valence-corrected chi connectivity index (χ1v) is 8.09. The highest BCUT2D eigenvalue weighted by molar-refractivity contribution is 7.89. The maximum Gasteiger partial charge on any atom is 0.244 e. The minimum absolute atomic E-state index is 0.137. The van der Waals surface area contributed by atoms with Crippen molar-refractivity contribution in [1.29, 1.82) is 5.26 Å². The van der Waals surface area contributed by atoms with E-state index in [2.05, 4.69) is 0 Å². The number of hydrogen-bond acceptors (Lipinski definition) is 3. The molecule has 0 unspecified atom stereocenters. The van der Waals surface area contributed by atoms with Crippen LogP contribution in [0.1, 0.15) is 37.7 Å². The third-order valence-electron chi connectivity index (χ3n) is 3.44. The highest BCUT2D eigenvalue weighted by Crippen LogP contribution is 2.22. The number of hydrogen-bond donors (Lipinski definition) is 0. The van der Waals surface area contributed by atoms with Gasteiger partial charge in [0, 0.05) is 13.1 Å². The van der Waals surface area contributed by atoms with Crippen LogP contribution in [0.5, 0.6) is 0 Å². The maximum absolute atomic E-state index is 12.6. The standard InChI is InChI=1S/C14H18N2O2S/c15-12-13-8-4-5-9-14(13)19(17,18)16-10-6-2-1-3-7-11-16/h4-5,8-9H,1-3,6-7,10-11H2. The zero-order chi connectivity index (χ0) is 13.7. The fourth-order valence-electron chi connectivity index (χ4n) is 2.38. The van der Waals surface area contributed by atoms with Crippen molar-refractivity contribution in [2.45, 2.75) is 37.0 Å². The average Bonchev–Trinajstić information content (AvgIpc) is 2.37. The Morgan fingerprint density at radius 3 is 2.21 bits per heavy atom. The zero-order valence-electron chi connectivity index (χ0n) is 10.9. The largest absolute Gasteiger partial charge is 0.244 e. The summed E-state index contributed by atoms with van der Waals surface area (Å²) in [5, 5.41) is 9.05. The van der Waals surface area contributed by atoms with Crippen LogP contribution < -0.4 is 0 Å². The van der Waals surface area contributed by atoms with Crippen molar-refractivity contribution >= 4 is 10.0 Å². The lowest BCUT2D eigenvalue weighted by molar-refractivity contribution is 0.364. The van der Waals surface area contributed by atoms with Crippen LogP contribution in [0.2, 0.25) is 0 Å². The molecule has 0 radical (unpaired) electrons. The molecule has 1 aromatic rings. The van der Waals surface area contributed by atoms with Gasteiger partial charge in [-0.2, -0.15) is 9.57 Å². The lowest BCUT2D eigenvalue weighted by Crippen LogP contribution is -2.34. The van der Waals surface area contributed by atoms with E-state index in [4.69, 9.17) is 5.26 Å². The number of sulfonamides is 1. The van der Waals surface area contributed by atoms with Gasteiger partial charge in [0.05, 0.1) is 10.5 Å². The van der Waals surface area contributed by atoms with Crippen LogP contribution in [0.25, 0.3) is 0 Å². The topological polar surface area (TPSA) is 61.2 Å². The van der Waals surface area contributed by atoms with Gasteiger partial charge in [0.15, 0.2) is 0 Å². The summed E-state index contributed by atoms with van der Waals surface area (Å²) in [5.74, 6) is 0. The first-order valence-electron chi connectivity index (χ1n) is 6.65. The molecule has 0 bridgehead atoms. The monoisotopic (exact) mass is 278 g/mol. The van der Waals surface area contributed by atoms with E-state index in [-0.39, 0.29) is 10.5 Å². The molecular formula is C14H18N2O2S. The predicted molar refractivity (Wildman–Crippen MR) is 73.0 cm³/mol. The van der Waals surface area contributed by atoms with Crippen molar-refractivity contribution in [2.24, 2.45) is 0 Å². The van der Waals surface area contributed by atoms with Crippen LogP contribution in [0, 0.1) is 11.3 Å². The molecule has 0 aliphatic carbocycles. The number of nitrogens with zero attached hydrogens (tertiary/aromatic N) is 2. The molecule has 1 fully saturated rings. The van der Waals surface area contributed by atoms with Crippen molar-refractivity contribution in [3.63, 3.8) is 0 Å². The molecule has 1 aromatic carbocycles. The van der Waals surface area contributed by atoms with E-state index in [1.807, 2.05) is 6.07 Å². The van der Waals surface area contributed by atoms with Gasteiger partial charge in [0.25, 0.3) is 0 Å². The molecule has 1 aliphatic rings. The van der Waals surface area contributed by atoms with Crippen LogP contribution in [0.4, 0.5) is 0 Å². The Kier molecular flexibility index (Phi) is 4.56. The molecule has 0 atom stereocenters. The Bertz CT molecular complexity index is 567. The lowest BCUT2D eigenvalue weighted by Gasteiger charge is -2.24. The van der Waals surface area contributed by atoms with E-state index >= 15 is 0 Å². The Labute approximate surface area is 114 Å². The molecule has 0 saturated carbocycles. The second kappa shape index (κ2) is 6.18. The van der Waals surface area contributed by atoms with Crippen LogP contribution in [-0.4, -0.2) is 25.8 Å². The molecule has 4 nitrogen and oxygen atoms in total. The summed E-state index contributed by atoms with van der Waals surface area (Å²) in [5.41, 5.74) is 0.226. The smallest absolute Gasteiger partial charge is 0.207 e. The molecular weight excluding hydrogens is 260 g/mol. The van der Waals surface area contributed by atoms with E-state index in [0.29, 0.717) is 13.1 Å². The van der Waals surface area contributed by atoms with Crippen LogP contribution in [0.3, 0.4) is 0 Å². The summed E-state index contributed by atoms with van der Waals surface area (Å²) in [6.45, 7) is 1.12. The molecule has 1 heterocycles. The molecule has 0 amide bonds. The average molecular weight is 278 g/mol. The molecule has 1 aliphatic heterocycles. The summed E-state index contributed by atoms with van der Waals surface area (Å²) in [6.07, 6.45) is 5.13. The van der Waals surface area contributed by atoms with Gasteiger partial charge in [-0.25, -0.2) is 8.42 Å². The van der Waals surface area contributed by atoms with E-state index in [0.717, 1.165) is 25.7 Å². The van der Waals surface area contributed by atoms with Gasteiger partial charge < -0.3 is 0 Å². The van der Waals surface area contributed by atoms with Crippen molar-refractivity contribution in [1.82, 2.24) is 4.31 Å². The molecule has 0 aromatic heterocycles. The summed E-state index contributed by atoms with van der Waals surface area (Å²) >= 11 is 0. The van der Waals surface area contributed by atoms with Gasteiger partial charge in [-0.15, -0.1) is 0 Å². The second-order valence-corrected chi connectivity index (χ2v) is 6.69.